The first-order valence-corrected chi connectivity index (χ1v) is 14.5. The third-order valence-corrected chi connectivity index (χ3v) is 9.76. The highest BCUT2D eigenvalue weighted by atomic mass is 127. The number of hydrogen-bond acceptors (Lipinski definition) is 3. The third-order valence-electron chi connectivity index (χ3n) is 8.73. The van der Waals surface area contributed by atoms with Gasteiger partial charge in [0.2, 0.25) is 0 Å². The van der Waals surface area contributed by atoms with E-state index in [4.69, 9.17) is 0 Å². The van der Waals surface area contributed by atoms with E-state index in [0.717, 1.165) is 19.4 Å². The molecule has 3 atom stereocenters. The normalized spacial score (nSPS) is 24.3. The molecule has 2 aromatic rings. The zero-order valence-electron chi connectivity index (χ0n) is 23.2. The van der Waals surface area contributed by atoms with Gasteiger partial charge in [0.15, 0.2) is 0 Å². The summed E-state index contributed by atoms with van der Waals surface area (Å²) >= 11 is 2.35. The summed E-state index contributed by atoms with van der Waals surface area (Å²) in [5.41, 5.74) is 9.89. The Balaban J connectivity index is 1.78. The van der Waals surface area contributed by atoms with Crippen LogP contribution in [0, 0.1) is 12.3 Å². The minimum atomic E-state index is -0.173. The van der Waals surface area contributed by atoms with Crippen molar-refractivity contribution < 1.29 is 0 Å². The van der Waals surface area contributed by atoms with Crippen molar-refractivity contribution in [2.45, 2.75) is 77.3 Å². The summed E-state index contributed by atoms with van der Waals surface area (Å²) in [6.07, 6.45) is 11.6. The highest BCUT2D eigenvalue weighted by Gasteiger charge is 2.45. The van der Waals surface area contributed by atoms with Gasteiger partial charge in [0.1, 0.15) is 0 Å². The second kappa shape index (κ2) is 10.7. The summed E-state index contributed by atoms with van der Waals surface area (Å²) in [7, 11) is 4.18. The second-order valence-corrected chi connectivity index (χ2v) is 12.2. The van der Waals surface area contributed by atoms with Crippen LogP contribution in [0.4, 0.5) is 0 Å². The standard InChI is InChI=1S/C32H44IN3/c1-8-24-10-11-26(19-27(24)29-18-23(3)13-14-30(29,4)21-34-6)31(5,35-7)20-25-17-22(2)9-12-28(25)32(36-33)15-16-32/h9-14,17-19,29,34-36H,8,15-16,20-21H2,1-7H3. The van der Waals surface area contributed by atoms with E-state index in [1.165, 1.54) is 51.8 Å². The number of halogens is 1. The number of allylic oxidation sites excluding steroid dienone is 3. The van der Waals surface area contributed by atoms with Crippen LogP contribution >= 0.6 is 22.9 Å². The SMILES string of the molecule is CCc1ccc(C(C)(Cc2cc(C)ccc2C2(NI)CC2)NC)cc1C1C=C(C)C=CC1(C)CNC. The lowest BCUT2D eigenvalue weighted by Gasteiger charge is -2.39. The maximum Gasteiger partial charge on any atom is 0.0528 e. The molecule has 4 heteroatoms. The predicted octanol–water partition coefficient (Wildman–Crippen LogP) is 6.99. The lowest BCUT2D eigenvalue weighted by atomic mass is 9.68. The van der Waals surface area contributed by atoms with Crippen molar-refractivity contribution in [1.29, 1.82) is 0 Å². The van der Waals surface area contributed by atoms with E-state index in [-0.39, 0.29) is 16.5 Å². The Labute approximate surface area is 233 Å². The van der Waals surface area contributed by atoms with Gasteiger partial charge in [0.25, 0.3) is 0 Å². The fraction of sp³-hybridized carbons (Fsp3) is 0.500. The molecular weight excluding hydrogens is 553 g/mol. The van der Waals surface area contributed by atoms with Gasteiger partial charge < -0.3 is 10.6 Å². The molecule has 0 aliphatic heterocycles. The van der Waals surface area contributed by atoms with Gasteiger partial charge in [-0.1, -0.05) is 79.6 Å². The molecule has 2 aromatic carbocycles. The van der Waals surface area contributed by atoms with Gasteiger partial charge in [-0.25, -0.2) is 0 Å². The van der Waals surface area contributed by atoms with Gasteiger partial charge in [-0.2, -0.15) is 0 Å². The second-order valence-electron chi connectivity index (χ2n) is 11.6. The molecule has 0 amide bonds. The molecule has 0 radical (unpaired) electrons. The summed E-state index contributed by atoms with van der Waals surface area (Å²) in [6, 6.07) is 14.3. The Morgan fingerprint density at radius 2 is 1.81 bits per heavy atom. The van der Waals surface area contributed by atoms with E-state index < -0.39 is 0 Å². The van der Waals surface area contributed by atoms with Gasteiger partial charge in [-0.3, -0.25) is 3.53 Å². The van der Waals surface area contributed by atoms with E-state index in [0.29, 0.717) is 5.92 Å². The molecule has 4 rings (SSSR count). The molecule has 0 spiro atoms. The molecule has 3 N–H and O–H groups in total. The average molecular weight is 598 g/mol. The van der Waals surface area contributed by atoms with Crippen LogP contribution in [0.15, 0.2) is 60.2 Å². The Kier molecular flexibility index (Phi) is 8.21. The summed E-state index contributed by atoms with van der Waals surface area (Å²) in [4.78, 5) is 0. The molecule has 1 saturated carbocycles. The number of aryl methyl sites for hydroxylation is 2. The molecule has 2 aliphatic carbocycles. The Hall–Kier alpha value is -1.47. The number of hydrogen-bond donors (Lipinski definition) is 3. The molecule has 1 fully saturated rings. The lowest BCUT2D eigenvalue weighted by molar-refractivity contribution is 0.357. The fourth-order valence-electron chi connectivity index (χ4n) is 6.07. The number of likely N-dealkylation sites (N-methyl/N-ethyl adjacent to an activating group) is 1. The molecule has 0 heterocycles. The van der Waals surface area contributed by atoms with Crippen LogP contribution in [-0.2, 0) is 23.9 Å². The largest absolute Gasteiger partial charge is 0.319 e. The van der Waals surface area contributed by atoms with E-state index in [9.17, 15) is 0 Å². The molecule has 2 aliphatic rings. The Morgan fingerprint density at radius 1 is 1.06 bits per heavy atom. The van der Waals surface area contributed by atoms with Crippen LogP contribution in [0.1, 0.15) is 79.8 Å². The van der Waals surface area contributed by atoms with E-state index in [1.54, 1.807) is 0 Å². The van der Waals surface area contributed by atoms with Crippen LogP contribution in [0.3, 0.4) is 0 Å². The quantitative estimate of drug-likeness (QED) is 0.204. The Morgan fingerprint density at radius 3 is 2.42 bits per heavy atom. The molecule has 3 unspecified atom stereocenters. The highest BCUT2D eigenvalue weighted by Crippen LogP contribution is 2.49. The predicted molar refractivity (Wildman–Crippen MR) is 163 cm³/mol. The summed E-state index contributed by atoms with van der Waals surface area (Å²) in [6.45, 7) is 12.4. The van der Waals surface area contributed by atoms with Crippen LogP contribution < -0.4 is 14.2 Å². The van der Waals surface area contributed by atoms with E-state index in [2.05, 4.69) is 140 Å². The number of rotatable bonds is 10. The van der Waals surface area contributed by atoms with Gasteiger partial charge in [-0.15, -0.1) is 0 Å². The molecule has 194 valence electrons. The van der Waals surface area contributed by atoms with Crippen molar-refractivity contribution in [2.75, 3.05) is 20.6 Å². The molecular formula is C32H44IN3. The van der Waals surface area contributed by atoms with Crippen molar-refractivity contribution in [2.24, 2.45) is 5.41 Å². The van der Waals surface area contributed by atoms with Crippen LogP contribution in [0.5, 0.6) is 0 Å². The monoisotopic (exact) mass is 597 g/mol. The van der Waals surface area contributed by atoms with Crippen molar-refractivity contribution in [3.8, 4) is 0 Å². The zero-order valence-corrected chi connectivity index (χ0v) is 25.3. The van der Waals surface area contributed by atoms with Gasteiger partial charge in [-0.05, 0) is 88.4 Å². The van der Waals surface area contributed by atoms with Crippen molar-refractivity contribution in [3.05, 3.63) is 93.6 Å². The first-order chi connectivity index (χ1) is 17.1. The van der Waals surface area contributed by atoms with E-state index in [1.807, 2.05) is 0 Å². The molecule has 0 aromatic heterocycles. The summed E-state index contributed by atoms with van der Waals surface area (Å²) in [5.74, 6) is 0.346. The zero-order chi connectivity index (χ0) is 26.1. The molecule has 0 saturated heterocycles. The minimum Gasteiger partial charge on any atom is -0.319 e. The fourth-order valence-corrected chi connectivity index (χ4v) is 6.90. The topological polar surface area (TPSA) is 36.1 Å². The third kappa shape index (κ3) is 5.24. The van der Waals surface area contributed by atoms with Crippen LogP contribution in [0.2, 0.25) is 0 Å². The molecule has 36 heavy (non-hydrogen) atoms. The van der Waals surface area contributed by atoms with Crippen LogP contribution in [-0.4, -0.2) is 20.6 Å². The molecule has 3 nitrogen and oxygen atoms in total. The maximum atomic E-state index is 3.74. The Bertz CT molecular complexity index is 1160. The average Bonchev–Trinajstić information content (AvgIpc) is 3.66. The highest BCUT2D eigenvalue weighted by molar-refractivity contribution is 14.1. The minimum absolute atomic E-state index is 0.0425. The smallest absolute Gasteiger partial charge is 0.0528 e. The first kappa shape index (κ1) is 27.6. The summed E-state index contributed by atoms with van der Waals surface area (Å²) < 4.78 is 3.60. The molecule has 0 bridgehead atoms. The van der Waals surface area contributed by atoms with Crippen molar-refractivity contribution in [3.63, 3.8) is 0 Å². The van der Waals surface area contributed by atoms with Gasteiger partial charge in [0, 0.05) is 46.3 Å². The maximum absolute atomic E-state index is 3.74. The van der Waals surface area contributed by atoms with Gasteiger partial charge in [0.05, 0.1) is 5.54 Å². The van der Waals surface area contributed by atoms with Crippen molar-refractivity contribution >= 4 is 22.9 Å². The van der Waals surface area contributed by atoms with Crippen LogP contribution in [0.25, 0.3) is 0 Å². The number of nitrogens with one attached hydrogen (secondary N) is 3. The van der Waals surface area contributed by atoms with Gasteiger partial charge >= 0.3 is 0 Å². The lowest BCUT2D eigenvalue weighted by Crippen LogP contribution is -2.40. The first-order valence-electron chi connectivity index (χ1n) is 13.5. The number of benzene rings is 2. The summed E-state index contributed by atoms with van der Waals surface area (Å²) in [5, 5.41) is 7.19. The van der Waals surface area contributed by atoms with E-state index >= 15 is 0 Å². The van der Waals surface area contributed by atoms with Crippen molar-refractivity contribution in [1.82, 2.24) is 14.2 Å².